The number of rotatable bonds is 4. The van der Waals surface area contributed by atoms with E-state index in [0.717, 1.165) is 10.4 Å². The maximum Gasteiger partial charge on any atom is 0.410 e. The van der Waals surface area contributed by atoms with Gasteiger partial charge in [-0.3, -0.25) is 9.59 Å². The van der Waals surface area contributed by atoms with Crippen molar-refractivity contribution in [3.8, 4) is 11.5 Å². The molecule has 3 rings (SSSR count). The van der Waals surface area contributed by atoms with Crippen LogP contribution in [0.1, 0.15) is 51.2 Å². The van der Waals surface area contributed by atoms with Crippen LogP contribution in [-0.2, 0) is 17.7 Å². The maximum absolute atomic E-state index is 12.8. The minimum absolute atomic E-state index is 0.171. The zero-order valence-corrected chi connectivity index (χ0v) is 18.8. The largest absolute Gasteiger partial charge is 0.504 e. The van der Waals surface area contributed by atoms with Crippen LogP contribution in [0.5, 0.6) is 11.5 Å². The number of ketones is 1. The number of phenolic OH excluding ortho intramolecular Hbond substituents is 2. The first-order valence-electron chi connectivity index (χ1n) is 9.85. The third-order valence-electron chi connectivity index (χ3n) is 4.75. The molecule has 1 aromatic carbocycles. The fourth-order valence-electron chi connectivity index (χ4n) is 3.18. The van der Waals surface area contributed by atoms with Crippen molar-refractivity contribution in [2.75, 3.05) is 20.1 Å². The monoisotopic (exact) mass is 446 g/mol. The van der Waals surface area contributed by atoms with Gasteiger partial charge in [0.15, 0.2) is 17.3 Å². The molecule has 0 unspecified atom stereocenters. The molecule has 1 aliphatic rings. The van der Waals surface area contributed by atoms with Gasteiger partial charge in [0, 0.05) is 24.0 Å². The van der Waals surface area contributed by atoms with Crippen LogP contribution in [0, 0.1) is 0 Å². The first-order valence-corrected chi connectivity index (χ1v) is 10.7. The van der Waals surface area contributed by atoms with E-state index in [1.807, 2.05) is 20.8 Å². The number of ether oxygens (including phenoxy) is 1. The number of Topliss-reactive ketones (excluding diaryl/α,β-unsaturated/α-hetero) is 1. The Kier molecular flexibility index (Phi) is 6.26. The summed E-state index contributed by atoms with van der Waals surface area (Å²) in [6.07, 6.45) is 0.263. The van der Waals surface area contributed by atoms with Gasteiger partial charge < -0.3 is 24.7 Å². The molecule has 0 spiro atoms. The standard InChI is InChI=1S/C22H26N2O6S/c1-22(2,3)30-21(29)24-8-7-18-14(11-24)10-19(31-18)20(28)23(4)12-17(27)13-5-6-15(25)16(26)9-13/h5-6,9-10,25-26H,7-8,11-12H2,1-4H3. The summed E-state index contributed by atoms with van der Waals surface area (Å²) in [5.74, 6) is -1.35. The molecule has 8 nitrogen and oxygen atoms in total. The quantitative estimate of drug-likeness (QED) is 0.551. The number of phenols is 2. The number of amides is 2. The molecular formula is C22H26N2O6S. The number of thiophene rings is 1. The highest BCUT2D eigenvalue weighted by Crippen LogP contribution is 2.30. The Morgan fingerprint density at radius 3 is 2.52 bits per heavy atom. The highest BCUT2D eigenvalue weighted by atomic mass is 32.1. The second-order valence-electron chi connectivity index (χ2n) is 8.50. The molecule has 0 saturated heterocycles. The van der Waals surface area contributed by atoms with E-state index < -0.39 is 5.60 Å². The highest BCUT2D eigenvalue weighted by Gasteiger charge is 2.28. The van der Waals surface area contributed by atoms with Crippen molar-refractivity contribution >= 4 is 29.1 Å². The Hall–Kier alpha value is -3.07. The summed E-state index contributed by atoms with van der Waals surface area (Å²) in [7, 11) is 1.53. The van der Waals surface area contributed by atoms with E-state index in [0.29, 0.717) is 24.4 Å². The molecule has 2 aromatic rings. The van der Waals surface area contributed by atoms with Crippen molar-refractivity contribution in [3.05, 3.63) is 45.1 Å². The van der Waals surface area contributed by atoms with Gasteiger partial charge in [-0.15, -0.1) is 11.3 Å². The average molecular weight is 447 g/mol. The van der Waals surface area contributed by atoms with Gasteiger partial charge in [-0.05, 0) is 57.0 Å². The molecule has 2 heterocycles. The molecule has 0 fully saturated rings. The van der Waals surface area contributed by atoms with Gasteiger partial charge in [0.05, 0.1) is 18.0 Å². The normalized spacial score (nSPS) is 13.5. The van der Waals surface area contributed by atoms with Gasteiger partial charge in [-0.25, -0.2) is 4.79 Å². The number of likely N-dealkylation sites (N-methyl/N-ethyl adjacent to an activating group) is 1. The van der Waals surface area contributed by atoms with Gasteiger partial charge in [0.2, 0.25) is 0 Å². The smallest absolute Gasteiger partial charge is 0.410 e. The summed E-state index contributed by atoms with van der Waals surface area (Å²) in [5.41, 5.74) is 0.540. The van der Waals surface area contributed by atoms with Crippen LogP contribution in [-0.4, -0.2) is 63.5 Å². The maximum atomic E-state index is 12.8. The van der Waals surface area contributed by atoms with Crippen molar-refractivity contribution in [2.45, 2.75) is 39.3 Å². The molecule has 2 amide bonds. The number of hydrogen-bond acceptors (Lipinski definition) is 7. The van der Waals surface area contributed by atoms with Crippen molar-refractivity contribution < 1.29 is 29.3 Å². The number of carbonyl (C=O) groups excluding carboxylic acids is 3. The van der Waals surface area contributed by atoms with E-state index in [2.05, 4.69) is 0 Å². The van der Waals surface area contributed by atoms with Crippen LogP contribution < -0.4 is 0 Å². The predicted molar refractivity (Wildman–Crippen MR) is 116 cm³/mol. The molecule has 0 radical (unpaired) electrons. The molecule has 0 aliphatic carbocycles. The topological polar surface area (TPSA) is 107 Å². The molecule has 1 aromatic heterocycles. The molecule has 0 saturated carbocycles. The number of benzene rings is 1. The van der Waals surface area contributed by atoms with Gasteiger partial charge in [-0.1, -0.05) is 0 Å². The average Bonchev–Trinajstić information content (AvgIpc) is 3.11. The molecular weight excluding hydrogens is 420 g/mol. The summed E-state index contributed by atoms with van der Waals surface area (Å²) >= 11 is 1.37. The lowest BCUT2D eigenvalue weighted by molar-refractivity contribution is 0.0225. The van der Waals surface area contributed by atoms with Crippen LogP contribution in [0.2, 0.25) is 0 Å². The number of carbonyl (C=O) groups is 3. The van der Waals surface area contributed by atoms with Gasteiger partial charge in [0.1, 0.15) is 5.60 Å². The second kappa shape index (κ2) is 8.58. The lowest BCUT2D eigenvalue weighted by atomic mass is 10.1. The Bertz CT molecular complexity index is 1020. The van der Waals surface area contributed by atoms with Crippen LogP contribution in [0.4, 0.5) is 4.79 Å². The summed E-state index contributed by atoms with van der Waals surface area (Å²) in [4.78, 5) is 42.1. The van der Waals surface area contributed by atoms with Crippen molar-refractivity contribution in [2.24, 2.45) is 0 Å². The summed E-state index contributed by atoms with van der Waals surface area (Å²) in [5, 5.41) is 18.9. The van der Waals surface area contributed by atoms with Crippen LogP contribution in [0.15, 0.2) is 24.3 Å². The Balaban J connectivity index is 1.66. The van der Waals surface area contributed by atoms with Gasteiger partial charge in [0.25, 0.3) is 5.91 Å². The lowest BCUT2D eigenvalue weighted by Crippen LogP contribution is -2.39. The number of aromatic hydroxyl groups is 2. The van der Waals surface area contributed by atoms with Gasteiger partial charge in [-0.2, -0.15) is 0 Å². The van der Waals surface area contributed by atoms with Crippen molar-refractivity contribution in [3.63, 3.8) is 0 Å². The van der Waals surface area contributed by atoms with Crippen LogP contribution in [0.25, 0.3) is 0 Å². The van der Waals surface area contributed by atoms with Crippen molar-refractivity contribution in [1.29, 1.82) is 0 Å². The van der Waals surface area contributed by atoms with E-state index in [1.54, 1.807) is 11.0 Å². The fourth-order valence-corrected chi connectivity index (χ4v) is 4.34. The molecule has 0 atom stereocenters. The van der Waals surface area contributed by atoms with E-state index in [1.165, 1.54) is 41.5 Å². The number of fused-ring (bicyclic) bond motifs is 1. The first-order chi connectivity index (χ1) is 14.4. The molecule has 2 N–H and O–H groups in total. The number of hydrogen-bond donors (Lipinski definition) is 2. The van der Waals surface area contributed by atoms with E-state index in [9.17, 15) is 24.6 Å². The second-order valence-corrected chi connectivity index (χ2v) is 9.64. The lowest BCUT2D eigenvalue weighted by Gasteiger charge is -2.29. The molecule has 31 heavy (non-hydrogen) atoms. The van der Waals surface area contributed by atoms with E-state index in [4.69, 9.17) is 4.74 Å². The summed E-state index contributed by atoms with van der Waals surface area (Å²) < 4.78 is 5.43. The van der Waals surface area contributed by atoms with E-state index >= 15 is 0 Å². The van der Waals surface area contributed by atoms with Crippen molar-refractivity contribution in [1.82, 2.24) is 9.80 Å². The summed E-state index contributed by atoms with van der Waals surface area (Å²) in [6, 6.07) is 5.57. The zero-order valence-electron chi connectivity index (χ0n) is 18.0. The van der Waals surface area contributed by atoms with Crippen LogP contribution >= 0.6 is 11.3 Å². The third kappa shape index (κ3) is 5.35. The minimum atomic E-state index is -0.573. The molecule has 1 aliphatic heterocycles. The Morgan fingerprint density at radius 1 is 1.16 bits per heavy atom. The molecule has 9 heteroatoms. The first kappa shape index (κ1) is 22.6. The zero-order chi connectivity index (χ0) is 22.9. The Labute approximate surface area is 184 Å². The van der Waals surface area contributed by atoms with Crippen LogP contribution in [0.3, 0.4) is 0 Å². The SMILES string of the molecule is CN(CC(=O)c1ccc(O)c(O)c1)C(=O)c1cc2c(s1)CCN(C(=O)OC(C)(C)C)C2. The molecule has 0 bridgehead atoms. The highest BCUT2D eigenvalue weighted by molar-refractivity contribution is 7.14. The minimum Gasteiger partial charge on any atom is -0.504 e. The third-order valence-corrected chi connectivity index (χ3v) is 5.98. The number of nitrogens with zero attached hydrogens (tertiary/aromatic N) is 2. The predicted octanol–water partition coefficient (Wildman–Crippen LogP) is 3.41. The fraction of sp³-hybridized carbons (Fsp3) is 0.409. The van der Waals surface area contributed by atoms with E-state index in [-0.39, 0.29) is 41.4 Å². The Morgan fingerprint density at radius 2 is 1.87 bits per heavy atom. The molecule has 166 valence electrons. The summed E-state index contributed by atoms with van der Waals surface area (Å²) in [6.45, 7) is 6.18. The van der Waals surface area contributed by atoms with Gasteiger partial charge >= 0.3 is 6.09 Å².